The normalized spacial score (nSPS) is 13.2. The van der Waals surface area contributed by atoms with Crippen molar-refractivity contribution in [2.45, 2.75) is 11.1 Å². The van der Waals surface area contributed by atoms with E-state index in [1.54, 1.807) is 0 Å². The fraction of sp³-hybridized carbons (Fsp3) is 0.0769. The lowest BCUT2D eigenvalue weighted by atomic mass is 10.0. The van der Waals surface area contributed by atoms with Gasteiger partial charge in [-0.3, -0.25) is 4.21 Å². The molecule has 0 aliphatic rings. The number of alkyl halides is 3. The molecule has 0 saturated carbocycles. The van der Waals surface area contributed by atoms with Crippen molar-refractivity contribution in [2.24, 2.45) is 0 Å². The third-order valence-electron chi connectivity index (χ3n) is 2.63. The van der Waals surface area contributed by atoms with Crippen LogP contribution in [0.5, 0.6) is 0 Å². The smallest absolute Gasteiger partial charge is 0.416 e. The number of hydrogen-bond donors (Lipinski definition) is 0. The average molecular weight is 303 g/mol. The first kappa shape index (κ1) is 14.7. The predicted molar refractivity (Wildman–Crippen MR) is 64.0 cm³/mol. The molecule has 0 heterocycles. The van der Waals surface area contributed by atoms with Gasteiger partial charge >= 0.3 is 6.18 Å². The maximum Gasteiger partial charge on any atom is 0.416 e. The van der Waals surface area contributed by atoms with E-state index in [0.717, 1.165) is 12.1 Å². The van der Waals surface area contributed by atoms with E-state index in [1.165, 1.54) is 24.3 Å². The second-order valence-corrected chi connectivity index (χ2v) is 4.90. The van der Waals surface area contributed by atoms with E-state index >= 15 is 0 Å². The first-order valence-electron chi connectivity index (χ1n) is 5.35. The van der Waals surface area contributed by atoms with Crippen LogP contribution in [0.3, 0.4) is 0 Å². The molecule has 2 aromatic carbocycles. The fourth-order valence-corrected chi connectivity index (χ4v) is 2.11. The molecule has 1 unspecified atom stereocenters. The molecule has 7 heteroatoms. The van der Waals surface area contributed by atoms with Gasteiger partial charge in [0.2, 0.25) is 0 Å². The van der Waals surface area contributed by atoms with Gasteiger partial charge < -0.3 is 4.55 Å². The van der Waals surface area contributed by atoms with Gasteiger partial charge in [-0.2, -0.15) is 13.2 Å². The molecule has 0 aliphatic heterocycles. The Balaban J connectivity index is 2.49. The highest BCUT2D eigenvalue weighted by molar-refractivity contribution is 7.79. The minimum Gasteiger partial charge on any atom is -0.768 e. The summed E-state index contributed by atoms with van der Waals surface area (Å²) in [7, 11) is 0. The van der Waals surface area contributed by atoms with E-state index in [2.05, 4.69) is 0 Å². The Labute approximate surface area is 114 Å². The molecule has 0 N–H and O–H groups in total. The number of benzene rings is 2. The first-order valence-corrected chi connectivity index (χ1v) is 6.43. The van der Waals surface area contributed by atoms with E-state index in [9.17, 15) is 26.3 Å². The van der Waals surface area contributed by atoms with E-state index in [0.29, 0.717) is 6.07 Å². The summed E-state index contributed by atoms with van der Waals surface area (Å²) in [6.45, 7) is 0. The molecule has 106 valence electrons. The van der Waals surface area contributed by atoms with Crippen LogP contribution < -0.4 is 0 Å². The second kappa shape index (κ2) is 5.34. The third kappa shape index (κ3) is 3.05. The Morgan fingerprint density at radius 1 is 1.05 bits per heavy atom. The molecule has 0 spiro atoms. The van der Waals surface area contributed by atoms with E-state index in [-0.39, 0.29) is 16.0 Å². The maximum atomic E-state index is 13.7. The third-order valence-corrected chi connectivity index (χ3v) is 3.27. The number of hydrogen-bond acceptors (Lipinski definition) is 2. The molecule has 1 atom stereocenters. The van der Waals surface area contributed by atoms with E-state index < -0.39 is 28.6 Å². The molecule has 0 saturated heterocycles. The highest BCUT2D eigenvalue weighted by Crippen LogP contribution is 2.33. The Morgan fingerprint density at radius 2 is 1.75 bits per heavy atom. The molecule has 0 radical (unpaired) electrons. The quantitative estimate of drug-likeness (QED) is 0.626. The minimum atomic E-state index is -4.63. The van der Waals surface area contributed by atoms with Crippen LogP contribution in [0.1, 0.15) is 5.56 Å². The van der Waals surface area contributed by atoms with Crippen molar-refractivity contribution in [1.82, 2.24) is 0 Å². The summed E-state index contributed by atoms with van der Waals surface area (Å²) in [5.74, 6) is -1.06. The molecular formula is C13H7F4O2S-. The number of rotatable bonds is 2. The van der Waals surface area contributed by atoms with Crippen LogP contribution in [0.15, 0.2) is 47.4 Å². The van der Waals surface area contributed by atoms with Gasteiger partial charge in [-0.15, -0.1) is 0 Å². The van der Waals surface area contributed by atoms with E-state index in [1.807, 2.05) is 0 Å². The summed E-state index contributed by atoms with van der Waals surface area (Å²) in [5, 5.41) is 0. The summed E-state index contributed by atoms with van der Waals surface area (Å²) in [4.78, 5) is -0.0678. The lowest BCUT2D eigenvalue weighted by Gasteiger charge is -2.11. The Morgan fingerprint density at radius 3 is 2.30 bits per heavy atom. The lowest BCUT2D eigenvalue weighted by Crippen LogP contribution is -2.05. The molecule has 0 bridgehead atoms. The van der Waals surface area contributed by atoms with Crippen molar-refractivity contribution in [2.75, 3.05) is 0 Å². The Kier molecular flexibility index (Phi) is 3.92. The van der Waals surface area contributed by atoms with Gasteiger partial charge in [-0.1, -0.05) is 18.2 Å². The monoisotopic (exact) mass is 303 g/mol. The van der Waals surface area contributed by atoms with Crippen molar-refractivity contribution < 1.29 is 26.3 Å². The van der Waals surface area contributed by atoms with Crippen LogP contribution in [0.4, 0.5) is 17.6 Å². The summed E-state index contributed by atoms with van der Waals surface area (Å²) >= 11 is -2.49. The molecule has 2 aromatic rings. The molecular weight excluding hydrogens is 296 g/mol. The average Bonchev–Trinajstić information content (AvgIpc) is 2.37. The van der Waals surface area contributed by atoms with Gasteiger partial charge in [0, 0.05) is 10.5 Å². The standard InChI is InChI=1S/C13H8F4O2S/c14-12-7-9(13(15,16)17)4-5-11(12)8-2-1-3-10(6-8)20(18)19/h1-7H,(H,18,19)/p-1. The van der Waals surface area contributed by atoms with Crippen molar-refractivity contribution in [3.8, 4) is 11.1 Å². The van der Waals surface area contributed by atoms with E-state index in [4.69, 9.17) is 0 Å². The Hall–Kier alpha value is -1.73. The first-order chi connectivity index (χ1) is 9.29. The van der Waals surface area contributed by atoms with Gasteiger partial charge in [-0.25, -0.2) is 4.39 Å². The molecule has 0 amide bonds. The van der Waals surface area contributed by atoms with Gasteiger partial charge in [0.25, 0.3) is 0 Å². The summed E-state index contributed by atoms with van der Waals surface area (Å²) < 4.78 is 72.6. The zero-order chi connectivity index (χ0) is 14.9. The fourth-order valence-electron chi connectivity index (χ4n) is 1.69. The SMILES string of the molecule is O=S([O-])c1cccc(-c2ccc(C(F)(F)F)cc2F)c1. The second-order valence-electron chi connectivity index (χ2n) is 3.95. The molecule has 0 aromatic heterocycles. The molecule has 0 fully saturated rings. The topological polar surface area (TPSA) is 40.1 Å². The van der Waals surface area contributed by atoms with Crippen molar-refractivity contribution >= 4 is 11.1 Å². The van der Waals surface area contributed by atoms with Crippen LogP contribution in [-0.4, -0.2) is 8.76 Å². The van der Waals surface area contributed by atoms with Crippen molar-refractivity contribution in [3.05, 3.63) is 53.8 Å². The van der Waals surface area contributed by atoms with Crippen LogP contribution in [0.2, 0.25) is 0 Å². The molecule has 2 nitrogen and oxygen atoms in total. The molecule has 2 rings (SSSR count). The lowest BCUT2D eigenvalue weighted by molar-refractivity contribution is -0.137. The van der Waals surface area contributed by atoms with Crippen molar-refractivity contribution in [3.63, 3.8) is 0 Å². The van der Waals surface area contributed by atoms with Crippen LogP contribution in [0.25, 0.3) is 11.1 Å². The summed E-state index contributed by atoms with van der Waals surface area (Å²) in [6, 6.07) is 7.41. The number of halogens is 4. The van der Waals surface area contributed by atoms with Gasteiger partial charge in [0.05, 0.1) is 5.56 Å². The van der Waals surface area contributed by atoms with Gasteiger partial charge in [0.15, 0.2) is 0 Å². The maximum absolute atomic E-state index is 13.7. The van der Waals surface area contributed by atoms with Crippen LogP contribution in [-0.2, 0) is 17.3 Å². The molecule has 20 heavy (non-hydrogen) atoms. The zero-order valence-corrected chi connectivity index (χ0v) is 10.6. The zero-order valence-electron chi connectivity index (χ0n) is 9.78. The highest BCUT2D eigenvalue weighted by atomic mass is 32.2. The van der Waals surface area contributed by atoms with Crippen LogP contribution >= 0.6 is 0 Å². The van der Waals surface area contributed by atoms with Crippen LogP contribution in [0, 0.1) is 5.82 Å². The Bertz CT molecular complexity index is 668. The van der Waals surface area contributed by atoms with Crippen molar-refractivity contribution in [1.29, 1.82) is 0 Å². The molecule has 0 aliphatic carbocycles. The minimum absolute atomic E-state index is 0.0678. The highest BCUT2D eigenvalue weighted by Gasteiger charge is 2.31. The largest absolute Gasteiger partial charge is 0.768 e. The van der Waals surface area contributed by atoms with Gasteiger partial charge in [-0.05, 0) is 40.9 Å². The summed E-state index contributed by atoms with van der Waals surface area (Å²) in [5.41, 5.74) is -0.995. The van der Waals surface area contributed by atoms with Gasteiger partial charge in [0.1, 0.15) is 5.82 Å². The predicted octanol–water partition coefficient (Wildman–Crippen LogP) is 3.75. The summed E-state index contributed by atoms with van der Waals surface area (Å²) in [6.07, 6.45) is -4.63.